The van der Waals surface area contributed by atoms with E-state index >= 15 is 0 Å². The molecule has 1 spiro atoms. The lowest BCUT2D eigenvalue weighted by atomic mass is 9.75. The maximum atomic E-state index is 11.5. The predicted octanol–water partition coefficient (Wildman–Crippen LogP) is 2.48. The predicted molar refractivity (Wildman–Crippen MR) is 56.9 cm³/mol. The summed E-state index contributed by atoms with van der Waals surface area (Å²) >= 11 is 0. The van der Waals surface area contributed by atoms with E-state index in [1.165, 1.54) is 19.3 Å². The Balaban J connectivity index is 2.20. The highest BCUT2D eigenvalue weighted by atomic mass is 16.2. The van der Waals surface area contributed by atoms with Crippen molar-refractivity contribution in [3.63, 3.8) is 0 Å². The standard InChI is InChI=1S/C12H21NO/c1-4-9-12(7-10(14)13-9)6-5-11(2,3)8-12/h9H,4-8H2,1-3H3,(H,13,14). The van der Waals surface area contributed by atoms with Crippen LogP contribution in [0.1, 0.15) is 52.9 Å². The summed E-state index contributed by atoms with van der Waals surface area (Å²) in [4.78, 5) is 11.5. The Bertz CT molecular complexity index is 259. The summed E-state index contributed by atoms with van der Waals surface area (Å²) in [6.07, 6.45) is 5.59. The van der Waals surface area contributed by atoms with Gasteiger partial charge in [-0.3, -0.25) is 4.79 Å². The van der Waals surface area contributed by atoms with Gasteiger partial charge in [0.05, 0.1) is 0 Å². The SMILES string of the molecule is CCC1NC(=O)CC12CCC(C)(C)C2. The minimum absolute atomic E-state index is 0.273. The Labute approximate surface area is 86.5 Å². The smallest absolute Gasteiger partial charge is 0.220 e. The minimum atomic E-state index is 0.273. The fourth-order valence-corrected chi connectivity index (χ4v) is 3.54. The van der Waals surface area contributed by atoms with Crippen molar-refractivity contribution in [1.29, 1.82) is 0 Å². The molecule has 2 heteroatoms. The molecule has 0 aromatic carbocycles. The Morgan fingerprint density at radius 1 is 1.43 bits per heavy atom. The molecule has 1 aliphatic carbocycles. The highest BCUT2D eigenvalue weighted by Crippen LogP contribution is 2.55. The van der Waals surface area contributed by atoms with Crippen molar-refractivity contribution in [3.05, 3.63) is 0 Å². The van der Waals surface area contributed by atoms with Crippen molar-refractivity contribution >= 4 is 5.91 Å². The quantitative estimate of drug-likeness (QED) is 0.684. The van der Waals surface area contributed by atoms with Gasteiger partial charge in [-0.1, -0.05) is 20.8 Å². The molecule has 2 unspecified atom stereocenters. The van der Waals surface area contributed by atoms with Crippen LogP contribution in [-0.4, -0.2) is 11.9 Å². The average molecular weight is 195 g/mol. The number of rotatable bonds is 1. The first kappa shape index (κ1) is 10.0. The van der Waals surface area contributed by atoms with Crippen LogP contribution >= 0.6 is 0 Å². The van der Waals surface area contributed by atoms with Gasteiger partial charge in [-0.05, 0) is 36.5 Å². The molecule has 0 aromatic rings. The average Bonchev–Trinajstić information content (AvgIpc) is 2.53. The molecule has 2 rings (SSSR count). The van der Waals surface area contributed by atoms with Crippen molar-refractivity contribution in [3.8, 4) is 0 Å². The molecule has 0 bridgehead atoms. The van der Waals surface area contributed by atoms with Crippen LogP contribution in [0.25, 0.3) is 0 Å². The molecule has 1 aliphatic heterocycles. The fourth-order valence-electron chi connectivity index (χ4n) is 3.54. The van der Waals surface area contributed by atoms with Crippen LogP contribution in [-0.2, 0) is 4.79 Å². The lowest BCUT2D eigenvalue weighted by Gasteiger charge is -2.30. The van der Waals surface area contributed by atoms with E-state index in [-0.39, 0.29) is 5.91 Å². The molecule has 1 saturated heterocycles. The van der Waals surface area contributed by atoms with E-state index in [1.54, 1.807) is 0 Å². The van der Waals surface area contributed by atoms with Crippen LogP contribution in [0, 0.1) is 10.8 Å². The molecule has 1 N–H and O–H groups in total. The van der Waals surface area contributed by atoms with Crippen LogP contribution < -0.4 is 5.32 Å². The summed E-state index contributed by atoms with van der Waals surface area (Å²) in [5, 5.41) is 3.14. The normalized spacial score (nSPS) is 40.5. The zero-order chi connectivity index (χ0) is 10.4. The van der Waals surface area contributed by atoms with Gasteiger partial charge in [-0.15, -0.1) is 0 Å². The van der Waals surface area contributed by atoms with E-state index in [1.807, 2.05) is 0 Å². The summed E-state index contributed by atoms with van der Waals surface area (Å²) in [6.45, 7) is 6.85. The number of hydrogen-bond donors (Lipinski definition) is 1. The summed E-state index contributed by atoms with van der Waals surface area (Å²) in [6, 6.07) is 0.441. The second-order valence-electron chi connectivity index (χ2n) is 5.91. The zero-order valence-electron chi connectivity index (χ0n) is 9.52. The third-order valence-electron chi connectivity index (χ3n) is 4.13. The van der Waals surface area contributed by atoms with Crippen LogP contribution in [0.4, 0.5) is 0 Å². The molecule has 0 radical (unpaired) electrons. The van der Waals surface area contributed by atoms with Gasteiger partial charge in [0.2, 0.25) is 5.91 Å². The maximum absolute atomic E-state index is 11.5. The van der Waals surface area contributed by atoms with E-state index in [9.17, 15) is 4.79 Å². The molecule has 1 saturated carbocycles. The number of carbonyl (C=O) groups excluding carboxylic acids is 1. The molecule has 14 heavy (non-hydrogen) atoms. The first-order chi connectivity index (χ1) is 6.47. The molecule has 2 atom stereocenters. The summed E-state index contributed by atoms with van der Waals surface area (Å²) in [7, 11) is 0. The van der Waals surface area contributed by atoms with Gasteiger partial charge in [-0.25, -0.2) is 0 Å². The third-order valence-corrected chi connectivity index (χ3v) is 4.13. The number of nitrogens with one attached hydrogen (secondary N) is 1. The van der Waals surface area contributed by atoms with Gasteiger partial charge in [0.25, 0.3) is 0 Å². The monoisotopic (exact) mass is 195 g/mol. The number of amides is 1. The summed E-state index contributed by atoms with van der Waals surface area (Å²) in [5.74, 6) is 0.273. The molecular formula is C12H21NO. The largest absolute Gasteiger partial charge is 0.353 e. The van der Waals surface area contributed by atoms with Crippen LogP contribution in [0.5, 0.6) is 0 Å². The van der Waals surface area contributed by atoms with E-state index in [4.69, 9.17) is 0 Å². The first-order valence-electron chi connectivity index (χ1n) is 5.77. The van der Waals surface area contributed by atoms with Crippen molar-refractivity contribution in [2.24, 2.45) is 10.8 Å². The van der Waals surface area contributed by atoms with Crippen molar-refractivity contribution in [2.45, 2.75) is 58.9 Å². The van der Waals surface area contributed by atoms with E-state index in [0.29, 0.717) is 16.9 Å². The van der Waals surface area contributed by atoms with E-state index < -0.39 is 0 Å². The number of hydrogen-bond acceptors (Lipinski definition) is 1. The second-order valence-corrected chi connectivity index (χ2v) is 5.91. The molecule has 80 valence electrons. The van der Waals surface area contributed by atoms with Crippen molar-refractivity contribution in [1.82, 2.24) is 5.32 Å². The first-order valence-corrected chi connectivity index (χ1v) is 5.77. The molecule has 0 aromatic heterocycles. The Morgan fingerprint density at radius 3 is 2.64 bits per heavy atom. The van der Waals surface area contributed by atoms with Gasteiger partial charge >= 0.3 is 0 Å². The molecule has 1 amide bonds. The van der Waals surface area contributed by atoms with Crippen LogP contribution in [0.15, 0.2) is 0 Å². The maximum Gasteiger partial charge on any atom is 0.220 e. The van der Waals surface area contributed by atoms with Gasteiger partial charge in [0.15, 0.2) is 0 Å². The Morgan fingerprint density at radius 2 is 2.14 bits per heavy atom. The van der Waals surface area contributed by atoms with Crippen molar-refractivity contribution in [2.75, 3.05) is 0 Å². The van der Waals surface area contributed by atoms with Gasteiger partial charge < -0.3 is 5.32 Å². The highest BCUT2D eigenvalue weighted by molar-refractivity contribution is 5.80. The second kappa shape index (κ2) is 2.98. The molecule has 2 fully saturated rings. The minimum Gasteiger partial charge on any atom is -0.353 e. The highest BCUT2D eigenvalue weighted by Gasteiger charge is 2.52. The summed E-state index contributed by atoms with van der Waals surface area (Å²) in [5.41, 5.74) is 0.745. The zero-order valence-corrected chi connectivity index (χ0v) is 9.52. The number of carbonyl (C=O) groups is 1. The Hall–Kier alpha value is -0.530. The van der Waals surface area contributed by atoms with Crippen LogP contribution in [0.3, 0.4) is 0 Å². The van der Waals surface area contributed by atoms with Gasteiger partial charge in [0, 0.05) is 12.5 Å². The molecule has 2 nitrogen and oxygen atoms in total. The topological polar surface area (TPSA) is 29.1 Å². The lowest BCUT2D eigenvalue weighted by Crippen LogP contribution is -2.35. The molecular weight excluding hydrogens is 174 g/mol. The van der Waals surface area contributed by atoms with Crippen LogP contribution in [0.2, 0.25) is 0 Å². The molecule has 1 heterocycles. The van der Waals surface area contributed by atoms with E-state index in [0.717, 1.165) is 12.8 Å². The Kier molecular flexibility index (Phi) is 2.13. The fraction of sp³-hybridized carbons (Fsp3) is 0.917. The van der Waals surface area contributed by atoms with Crippen molar-refractivity contribution < 1.29 is 4.79 Å². The van der Waals surface area contributed by atoms with Gasteiger partial charge in [-0.2, -0.15) is 0 Å². The van der Waals surface area contributed by atoms with Gasteiger partial charge in [0.1, 0.15) is 0 Å². The summed E-state index contributed by atoms with van der Waals surface area (Å²) < 4.78 is 0. The third kappa shape index (κ3) is 1.45. The van der Waals surface area contributed by atoms with E-state index in [2.05, 4.69) is 26.1 Å². The molecule has 2 aliphatic rings. The lowest BCUT2D eigenvalue weighted by molar-refractivity contribution is -0.119.